The fourth-order valence-electron chi connectivity index (χ4n) is 1.36. The number of aliphatic carboxylic acids is 1. The van der Waals surface area contributed by atoms with Crippen molar-refractivity contribution >= 4 is 29.3 Å². The van der Waals surface area contributed by atoms with Gasteiger partial charge in [0.2, 0.25) is 5.91 Å². The van der Waals surface area contributed by atoms with Crippen molar-refractivity contribution in [2.45, 2.75) is 32.2 Å². The predicted molar refractivity (Wildman–Crippen MR) is 66.7 cm³/mol. The SMILES string of the molecule is CC(C)c1nnsc1C(=O)N[C@H](CC(N)=O)C(=O)O. The molecule has 0 spiro atoms. The van der Waals surface area contributed by atoms with Crippen LogP contribution in [0.3, 0.4) is 0 Å². The quantitative estimate of drug-likeness (QED) is 0.658. The molecule has 9 heteroatoms. The number of nitrogens with zero attached hydrogens (tertiary/aromatic N) is 2. The maximum Gasteiger partial charge on any atom is 0.326 e. The van der Waals surface area contributed by atoms with Crippen molar-refractivity contribution in [3.8, 4) is 0 Å². The molecular weight excluding hydrogens is 272 g/mol. The van der Waals surface area contributed by atoms with Crippen LogP contribution in [0.5, 0.6) is 0 Å². The molecule has 0 aliphatic rings. The summed E-state index contributed by atoms with van der Waals surface area (Å²) in [7, 11) is 0. The number of primary amides is 1. The summed E-state index contributed by atoms with van der Waals surface area (Å²) in [5, 5.41) is 15.0. The second-order valence-corrected chi connectivity index (χ2v) is 4.93. The number of carbonyl (C=O) groups is 3. The minimum atomic E-state index is -1.35. The molecule has 19 heavy (non-hydrogen) atoms. The van der Waals surface area contributed by atoms with Gasteiger partial charge in [0.1, 0.15) is 10.9 Å². The first-order chi connectivity index (χ1) is 8.82. The average Bonchev–Trinajstić information content (AvgIpc) is 2.76. The molecule has 1 aromatic rings. The number of carbonyl (C=O) groups excluding carboxylic acids is 2. The molecule has 0 radical (unpaired) electrons. The molecular formula is C10H14N4O4S. The van der Waals surface area contributed by atoms with E-state index in [4.69, 9.17) is 10.8 Å². The number of aromatic nitrogens is 2. The summed E-state index contributed by atoms with van der Waals surface area (Å²) < 4.78 is 3.67. The van der Waals surface area contributed by atoms with Gasteiger partial charge in [-0.2, -0.15) is 0 Å². The van der Waals surface area contributed by atoms with Gasteiger partial charge in [-0.15, -0.1) is 5.10 Å². The second-order valence-electron chi connectivity index (χ2n) is 4.18. The minimum Gasteiger partial charge on any atom is -0.480 e. The number of hydrogen-bond donors (Lipinski definition) is 3. The molecule has 1 aromatic heterocycles. The van der Waals surface area contributed by atoms with E-state index in [0.29, 0.717) is 5.69 Å². The monoisotopic (exact) mass is 286 g/mol. The first-order valence-electron chi connectivity index (χ1n) is 5.47. The summed E-state index contributed by atoms with van der Waals surface area (Å²) in [5.74, 6) is -2.76. The first-order valence-corrected chi connectivity index (χ1v) is 6.24. The molecule has 0 saturated heterocycles. The molecule has 0 saturated carbocycles. The van der Waals surface area contributed by atoms with Crippen LogP contribution in [-0.2, 0) is 9.59 Å². The molecule has 1 atom stereocenters. The minimum absolute atomic E-state index is 0.0149. The van der Waals surface area contributed by atoms with E-state index in [9.17, 15) is 14.4 Å². The van der Waals surface area contributed by atoms with Crippen molar-refractivity contribution in [2.24, 2.45) is 5.73 Å². The largest absolute Gasteiger partial charge is 0.480 e. The second kappa shape index (κ2) is 6.23. The van der Waals surface area contributed by atoms with Gasteiger partial charge < -0.3 is 16.2 Å². The van der Waals surface area contributed by atoms with Gasteiger partial charge in [-0.25, -0.2) is 4.79 Å². The third kappa shape index (κ3) is 3.98. The Morgan fingerprint density at radius 3 is 2.53 bits per heavy atom. The lowest BCUT2D eigenvalue weighted by Crippen LogP contribution is -2.43. The molecule has 8 nitrogen and oxygen atoms in total. The Hall–Kier alpha value is -2.03. The Morgan fingerprint density at radius 2 is 2.05 bits per heavy atom. The Labute approximate surface area is 113 Å². The molecule has 0 unspecified atom stereocenters. The molecule has 4 N–H and O–H groups in total. The van der Waals surface area contributed by atoms with Gasteiger partial charge in [-0.05, 0) is 17.5 Å². The third-order valence-electron chi connectivity index (χ3n) is 2.28. The summed E-state index contributed by atoms with van der Waals surface area (Å²) in [4.78, 5) is 33.8. The predicted octanol–water partition coefficient (Wildman–Crippen LogP) is -0.280. The van der Waals surface area contributed by atoms with E-state index >= 15 is 0 Å². The number of amides is 2. The van der Waals surface area contributed by atoms with Crippen molar-refractivity contribution in [1.29, 1.82) is 0 Å². The van der Waals surface area contributed by atoms with Crippen molar-refractivity contribution in [3.63, 3.8) is 0 Å². The highest BCUT2D eigenvalue weighted by molar-refractivity contribution is 7.08. The summed E-state index contributed by atoms with van der Waals surface area (Å²) in [6, 6.07) is -1.35. The molecule has 104 valence electrons. The third-order valence-corrected chi connectivity index (χ3v) is 3.02. The fraction of sp³-hybridized carbons (Fsp3) is 0.500. The number of rotatable bonds is 6. The Balaban J connectivity index is 2.85. The summed E-state index contributed by atoms with van der Waals surface area (Å²) in [6.07, 6.45) is -0.468. The molecule has 0 aliphatic carbocycles. The van der Waals surface area contributed by atoms with Crippen molar-refractivity contribution in [1.82, 2.24) is 14.9 Å². The van der Waals surface area contributed by atoms with Crippen LogP contribution in [0.15, 0.2) is 0 Å². The lowest BCUT2D eigenvalue weighted by Gasteiger charge is -2.12. The zero-order valence-electron chi connectivity index (χ0n) is 10.4. The molecule has 1 heterocycles. The zero-order valence-corrected chi connectivity index (χ0v) is 11.2. The van der Waals surface area contributed by atoms with E-state index in [1.807, 2.05) is 13.8 Å². The number of nitrogens with two attached hydrogens (primary N) is 1. The lowest BCUT2D eigenvalue weighted by atomic mass is 10.1. The molecule has 0 aromatic carbocycles. The van der Waals surface area contributed by atoms with Crippen LogP contribution in [-0.4, -0.2) is 38.5 Å². The van der Waals surface area contributed by atoms with Crippen LogP contribution in [0, 0.1) is 0 Å². The summed E-state index contributed by atoms with van der Waals surface area (Å²) >= 11 is 0.876. The molecule has 1 rings (SSSR count). The van der Waals surface area contributed by atoms with Gasteiger partial charge in [0.15, 0.2) is 0 Å². The average molecular weight is 286 g/mol. The van der Waals surface area contributed by atoms with E-state index in [1.165, 1.54) is 0 Å². The maximum absolute atomic E-state index is 11.9. The highest BCUT2D eigenvalue weighted by atomic mass is 32.1. The topological polar surface area (TPSA) is 135 Å². The van der Waals surface area contributed by atoms with Crippen LogP contribution >= 0.6 is 11.5 Å². The first kappa shape index (κ1) is 15.0. The highest BCUT2D eigenvalue weighted by Crippen LogP contribution is 2.19. The van der Waals surface area contributed by atoms with Gasteiger partial charge >= 0.3 is 5.97 Å². The Bertz CT molecular complexity index is 499. The van der Waals surface area contributed by atoms with Crippen molar-refractivity contribution < 1.29 is 19.5 Å². The van der Waals surface area contributed by atoms with Crippen LogP contribution in [0.4, 0.5) is 0 Å². The highest BCUT2D eigenvalue weighted by Gasteiger charge is 2.26. The van der Waals surface area contributed by atoms with Crippen LogP contribution in [0.2, 0.25) is 0 Å². The Morgan fingerprint density at radius 1 is 1.42 bits per heavy atom. The standard InChI is InChI=1S/C10H14N4O4S/c1-4(2)7-8(19-14-13-7)9(16)12-5(10(17)18)3-6(11)15/h4-5H,3H2,1-2H3,(H2,11,15)(H,12,16)(H,17,18)/t5-/m1/s1. The van der Waals surface area contributed by atoms with Gasteiger partial charge in [-0.3, -0.25) is 9.59 Å². The lowest BCUT2D eigenvalue weighted by molar-refractivity contribution is -0.140. The fourth-order valence-corrected chi connectivity index (χ4v) is 2.08. The van der Waals surface area contributed by atoms with Crippen molar-refractivity contribution in [2.75, 3.05) is 0 Å². The van der Waals surface area contributed by atoms with E-state index < -0.39 is 30.2 Å². The molecule has 0 aliphatic heterocycles. The summed E-state index contributed by atoms with van der Waals surface area (Å²) in [6.45, 7) is 3.68. The van der Waals surface area contributed by atoms with Gasteiger partial charge in [0.25, 0.3) is 5.91 Å². The van der Waals surface area contributed by atoms with E-state index in [1.54, 1.807) is 0 Å². The van der Waals surface area contributed by atoms with Gasteiger partial charge in [0.05, 0.1) is 12.1 Å². The van der Waals surface area contributed by atoms with E-state index in [2.05, 4.69) is 14.9 Å². The number of nitrogens with one attached hydrogen (secondary N) is 1. The van der Waals surface area contributed by atoms with Crippen LogP contribution in [0.25, 0.3) is 0 Å². The Kier molecular flexibility index (Phi) is 4.93. The number of carboxylic acids is 1. The summed E-state index contributed by atoms with van der Waals surface area (Å²) in [5.41, 5.74) is 5.42. The van der Waals surface area contributed by atoms with E-state index in [-0.39, 0.29) is 10.8 Å². The van der Waals surface area contributed by atoms with E-state index in [0.717, 1.165) is 11.5 Å². The number of carboxylic acid groups (broad SMARTS) is 1. The maximum atomic E-state index is 11.9. The smallest absolute Gasteiger partial charge is 0.326 e. The molecule has 2 amide bonds. The molecule has 0 bridgehead atoms. The van der Waals surface area contributed by atoms with Crippen LogP contribution in [0.1, 0.15) is 41.6 Å². The van der Waals surface area contributed by atoms with Crippen molar-refractivity contribution in [3.05, 3.63) is 10.6 Å². The van der Waals surface area contributed by atoms with Gasteiger partial charge in [0, 0.05) is 0 Å². The normalized spacial score (nSPS) is 12.2. The zero-order chi connectivity index (χ0) is 14.6. The molecule has 0 fully saturated rings. The van der Waals surface area contributed by atoms with Crippen LogP contribution < -0.4 is 11.1 Å². The number of hydrogen-bond acceptors (Lipinski definition) is 6. The van der Waals surface area contributed by atoms with Gasteiger partial charge in [-0.1, -0.05) is 18.3 Å².